The Hall–Kier alpha value is -3.02. The predicted octanol–water partition coefficient (Wildman–Crippen LogP) is 2.14. The average molecular weight is 365 g/mol. The van der Waals surface area contributed by atoms with Crippen molar-refractivity contribution in [2.45, 2.75) is 18.9 Å². The van der Waals surface area contributed by atoms with E-state index >= 15 is 0 Å². The van der Waals surface area contributed by atoms with Crippen molar-refractivity contribution in [3.05, 3.63) is 54.6 Å². The Bertz CT molecular complexity index is 840. The number of imide groups is 1. The SMILES string of the molecule is O=C1CC(CC2CN(c3ccccc3)CCN2c2cccc(O)c2)C(=O)N1. The molecule has 2 aromatic rings. The van der Waals surface area contributed by atoms with Gasteiger partial charge in [-0.3, -0.25) is 14.9 Å². The summed E-state index contributed by atoms with van der Waals surface area (Å²) in [7, 11) is 0. The molecule has 2 N–H and O–H groups in total. The second kappa shape index (κ2) is 7.31. The van der Waals surface area contributed by atoms with Crippen LogP contribution in [-0.2, 0) is 9.59 Å². The molecule has 27 heavy (non-hydrogen) atoms. The fraction of sp³-hybridized carbons (Fsp3) is 0.333. The number of nitrogens with zero attached hydrogens (tertiary/aromatic N) is 2. The summed E-state index contributed by atoms with van der Waals surface area (Å²) in [4.78, 5) is 28.3. The van der Waals surface area contributed by atoms with Crippen molar-refractivity contribution >= 4 is 23.2 Å². The number of carbonyl (C=O) groups is 2. The number of aromatic hydroxyl groups is 1. The number of phenolic OH excluding ortho intramolecular Hbond substituents is 1. The molecule has 2 unspecified atom stereocenters. The molecule has 2 fully saturated rings. The Labute approximate surface area is 158 Å². The number of rotatable bonds is 4. The van der Waals surface area contributed by atoms with Gasteiger partial charge >= 0.3 is 0 Å². The van der Waals surface area contributed by atoms with Gasteiger partial charge in [0.1, 0.15) is 5.75 Å². The molecule has 6 heteroatoms. The van der Waals surface area contributed by atoms with E-state index in [0.717, 1.165) is 31.0 Å². The van der Waals surface area contributed by atoms with Gasteiger partial charge in [-0.1, -0.05) is 24.3 Å². The fourth-order valence-electron chi connectivity index (χ4n) is 4.07. The molecular weight excluding hydrogens is 342 g/mol. The summed E-state index contributed by atoms with van der Waals surface area (Å²) in [6.45, 7) is 2.40. The fourth-order valence-corrected chi connectivity index (χ4v) is 4.07. The van der Waals surface area contributed by atoms with Crippen LogP contribution >= 0.6 is 0 Å². The Balaban J connectivity index is 1.58. The maximum atomic E-state index is 12.1. The lowest BCUT2D eigenvalue weighted by Gasteiger charge is -2.44. The van der Waals surface area contributed by atoms with Gasteiger partial charge in [0.15, 0.2) is 0 Å². The lowest BCUT2D eigenvalue weighted by atomic mass is 9.94. The van der Waals surface area contributed by atoms with Crippen LogP contribution in [-0.4, -0.2) is 42.6 Å². The minimum atomic E-state index is -0.293. The van der Waals surface area contributed by atoms with Crippen LogP contribution in [0.15, 0.2) is 54.6 Å². The van der Waals surface area contributed by atoms with Crippen LogP contribution in [0.5, 0.6) is 5.75 Å². The molecule has 0 spiro atoms. The summed E-state index contributed by atoms with van der Waals surface area (Å²) in [6, 6.07) is 17.5. The number of benzene rings is 2. The number of hydrogen-bond acceptors (Lipinski definition) is 5. The number of phenols is 1. The smallest absolute Gasteiger partial charge is 0.230 e. The molecule has 2 aliphatic rings. The molecule has 0 bridgehead atoms. The van der Waals surface area contributed by atoms with E-state index in [-0.39, 0.29) is 35.9 Å². The first-order chi connectivity index (χ1) is 13.1. The molecule has 140 valence electrons. The molecule has 2 atom stereocenters. The van der Waals surface area contributed by atoms with Gasteiger partial charge in [-0.05, 0) is 30.7 Å². The largest absolute Gasteiger partial charge is 0.508 e. The molecule has 0 radical (unpaired) electrons. The van der Waals surface area contributed by atoms with Crippen molar-refractivity contribution in [2.24, 2.45) is 5.92 Å². The number of carbonyl (C=O) groups excluding carboxylic acids is 2. The molecule has 6 nitrogen and oxygen atoms in total. The van der Waals surface area contributed by atoms with E-state index in [1.54, 1.807) is 12.1 Å². The lowest BCUT2D eigenvalue weighted by molar-refractivity contribution is -0.125. The highest BCUT2D eigenvalue weighted by Gasteiger charge is 2.36. The summed E-state index contributed by atoms with van der Waals surface area (Å²) in [5.74, 6) is -0.430. The molecule has 2 heterocycles. The van der Waals surface area contributed by atoms with Crippen LogP contribution < -0.4 is 15.1 Å². The number of nitrogens with one attached hydrogen (secondary N) is 1. The van der Waals surface area contributed by atoms with Crippen LogP contribution in [0.3, 0.4) is 0 Å². The Morgan fingerprint density at radius 2 is 1.78 bits per heavy atom. The summed E-state index contributed by atoms with van der Waals surface area (Å²) < 4.78 is 0. The minimum Gasteiger partial charge on any atom is -0.508 e. The second-order valence-corrected chi connectivity index (χ2v) is 7.20. The van der Waals surface area contributed by atoms with Crippen molar-refractivity contribution in [2.75, 3.05) is 29.4 Å². The van der Waals surface area contributed by atoms with E-state index in [1.165, 1.54) is 0 Å². The highest BCUT2D eigenvalue weighted by atomic mass is 16.3. The zero-order valence-corrected chi connectivity index (χ0v) is 15.0. The summed E-state index contributed by atoms with van der Waals surface area (Å²) in [6.07, 6.45) is 0.866. The molecule has 0 aromatic heterocycles. The van der Waals surface area contributed by atoms with Crippen molar-refractivity contribution in [3.8, 4) is 5.75 Å². The molecule has 2 amide bonds. The quantitative estimate of drug-likeness (QED) is 0.812. The Kier molecular flexibility index (Phi) is 4.71. The van der Waals surface area contributed by atoms with Crippen LogP contribution in [0, 0.1) is 5.92 Å². The molecule has 2 aromatic carbocycles. The molecular formula is C21H23N3O3. The average Bonchev–Trinajstić information content (AvgIpc) is 2.99. The normalized spacial score (nSPS) is 22.8. The topological polar surface area (TPSA) is 72.9 Å². The van der Waals surface area contributed by atoms with Gasteiger partial charge in [0, 0.05) is 55.5 Å². The molecule has 2 aliphatic heterocycles. The van der Waals surface area contributed by atoms with Crippen molar-refractivity contribution in [1.29, 1.82) is 0 Å². The van der Waals surface area contributed by atoms with E-state index in [0.29, 0.717) is 6.42 Å². The number of amides is 2. The number of anilines is 2. The predicted molar refractivity (Wildman–Crippen MR) is 104 cm³/mol. The maximum absolute atomic E-state index is 12.1. The van der Waals surface area contributed by atoms with Crippen molar-refractivity contribution in [1.82, 2.24) is 5.32 Å². The Morgan fingerprint density at radius 3 is 2.48 bits per heavy atom. The zero-order chi connectivity index (χ0) is 18.8. The third-order valence-corrected chi connectivity index (χ3v) is 5.39. The number of hydrogen-bond donors (Lipinski definition) is 2. The van der Waals surface area contributed by atoms with Gasteiger partial charge in [-0.2, -0.15) is 0 Å². The second-order valence-electron chi connectivity index (χ2n) is 7.20. The van der Waals surface area contributed by atoms with Crippen LogP contribution in [0.2, 0.25) is 0 Å². The summed E-state index contributed by atoms with van der Waals surface area (Å²) >= 11 is 0. The van der Waals surface area contributed by atoms with Gasteiger partial charge in [0.05, 0.1) is 0 Å². The van der Waals surface area contributed by atoms with E-state index in [9.17, 15) is 14.7 Å². The van der Waals surface area contributed by atoms with E-state index in [2.05, 4.69) is 27.2 Å². The first-order valence-corrected chi connectivity index (χ1v) is 9.29. The zero-order valence-electron chi connectivity index (χ0n) is 15.0. The maximum Gasteiger partial charge on any atom is 0.230 e. The van der Waals surface area contributed by atoms with Gasteiger partial charge in [0.25, 0.3) is 0 Å². The van der Waals surface area contributed by atoms with Gasteiger partial charge in [-0.15, -0.1) is 0 Å². The van der Waals surface area contributed by atoms with Gasteiger partial charge in [-0.25, -0.2) is 0 Å². The van der Waals surface area contributed by atoms with Crippen LogP contribution in [0.4, 0.5) is 11.4 Å². The van der Waals surface area contributed by atoms with Crippen LogP contribution in [0.1, 0.15) is 12.8 Å². The minimum absolute atomic E-state index is 0.0717. The molecule has 0 saturated carbocycles. The highest BCUT2D eigenvalue weighted by molar-refractivity contribution is 6.03. The first-order valence-electron chi connectivity index (χ1n) is 9.29. The van der Waals surface area contributed by atoms with Gasteiger partial charge < -0.3 is 14.9 Å². The van der Waals surface area contributed by atoms with E-state index in [4.69, 9.17) is 0 Å². The Morgan fingerprint density at radius 1 is 1.00 bits per heavy atom. The van der Waals surface area contributed by atoms with Crippen LogP contribution in [0.25, 0.3) is 0 Å². The number of para-hydroxylation sites is 1. The number of piperazine rings is 1. The highest BCUT2D eigenvalue weighted by Crippen LogP contribution is 2.30. The van der Waals surface area contributed by atoms with Gasteiger partial charge in [0.2, 0.25) is 11.8 Å². The third-order valence-electron chi connectivity index (χ3n) is 5.39. The van der Waals surface area contributed by atoms with Crippen molar-refractivity contribution in [3.63, 3.8) is 0 Å². The molecule has 2 saturated heterocycles. The van der Waals surface area contributed by atoms with E-state index < -0.39 is 0 Å². The molecule has 4 rings (SSSR count). The lowest BCUT2D eigenvalue weighted by Crippen LogP contribution is -2.54. The first kappa shape index (κ1) is 17.4. The van der Waals surface area contributed by atoms with E-state index in [1.807, 2.05) is 30.3 Å². The standard InChI is InChI=1S/C21H23N3O3/c25-19-8-4-7-17(13-19)24-10-9-23(16-5-2-1-3-6-16)14-18(24)11-15-12-20(26)22-21(15)27/h1-8,13,15,18,25H,9-12,14H2,(H,22,26,27). The summed E-state index contributed by atoms with van der Waals surface area (Å²) in [5.41, 5.74) is 2.10. The van der Waals surface area contributed by atoms with Crippen molar-refractivity contribution < 1.29 is 14.7 Å². The summed E-state index contributed by atoms with van der Waals surface area (Å²) in [5, 5.41) is 12.3. The third kappa shape index (κ3) is 3.74. The monoisotopic (exact) mass is 365 g/mol. The molecule has 0 aliphatic carbocycles.